The summed E-state index contributed by atoms with van der Waals surface area (Å²) in [6.45, 7) is 7.58. The van der Waals surface area contributed by atoms with Crippen LogP contribution in [0.4, 0.5) is 5.69 Å². The van der Waals surface area contributed by atoms with Gasteiger partial charge in [0.1, 0.15) is 0 Å². The van der Waals surface area contributed by atoms with Crippen LogP contribution in [0.5, 0.6) is 0 Å². The molecule has 0 fully saturated rings. The molecule has 0 N–H and O–H groups in total. The topological polar surface area (TPSA) is 61.8 Å². The third kappa shape index (κ3) is 4.31. The fourth-order valence-corrected chi connectivity index (χ4v) is 7.49. The van der Waals surface area contributed by atoms with Crippen molar-refractivity contribution in [3.05, 3.63) is 174 Å². The Morgan fingerprint density at radius 2 is 1.04 bits per heavy atom. The molecule has 50 heavy (non-hydrogen) atoms. The fraction of sp³-hybridized carbons (Fsp3) is 0. The lowest BCUT2D eigenvalue weighted by Gasteiger charge is -2.16. The van der Waals surface area contributed by atoms with Gasteiger partial charge in [0, 0.05) is 33.0 Å². The van der Waals surface area contributed by atoms with Gasteiger partial charge in [0.2, 0.25) is 0 Å². The van der Waals surface area contributed by atoms with Crippen LogP contribution in [0.25, 0.3) is 82.1 Å². The van der Waals surface area contributed by atoms with Crippen molar-refractivity contribution >= 4 is 49.3 Å². The quantitative estimate of drug-likeness (QED) is 0.181. The lowest BCUT2D eigenvalue weighted by molar-refractivity contribution is 1.18. The first-order chi connectivity index (χ1) is 24.7. The number of rotatable bonds is 4. The minimum absolute atomic E-state index is 0.428. The van der Waals surface area contributed by atoms with Crippen molar-refractivity contribution in [3.63, 3.8) is 0 Å². The van der Waals surface area contributed by atoms with E-state index in [1.807, 2.05) is 84.9 Å². The molecule has 0 amide bonds. The van der Waals surface area contributed by atoms with E-state index in [9.17, 15) is 10.5 Å². The van der Waals surface area contributed by atoms with E-state index in [0.717, 1.165) is 60.9 Å². The Morgan fingerprint density at radius 3 is 1.68 bits per heavy atom. The number of aromatic nitrogens is 2. The van der Waals surface area contributed by atoms with Crippen LogP contribution >= 0.6 is 0 Å². The zero-order chi connectivity index (χ0) is 33.8. The monoisotopic (exact) mass is 635 g/mol. The Bertz CT molecular complexity index is 2880. The SMILES string of the molecule is [C-]#[N+]c1ccc2c(c1)c1ccccc1n2-c1ccccc1-c1cc(C#N)c(-c2cccc(-n3c4ccccc4c4ccccc43)c2)c(C#N)c1. The van der Waals surface area contributed by atoms with E-state index in [0.29, 0.717) is 22.4 Å². The summed E-state index contributed by atoms with van der Waals surface area (Å²) in [6, 6.07) is 55.5. The Morgan fingerprint density at radius 1 is 0.480 bits per heavy atom. The molecular weight excluding hydrogens is 611 g/mol. The predicted octanol–water partition coefficient (Wildman–Crippen LogP) is 11.5. The summed E-state index contributed by atoms with van der Waals surface area (Å²) < 4.78 is 4.44. The van der Waals surface area contributed by atoms with Gasteiger partial charge < -0.3 is 9.13 Å². The summed E-state index contributed by atoms with van der Waals surface area (Å²) in [7, 11) is 0. The van der Waals surface area contributed by atoms with Gasteiger partial charge in [-0.15, -0.1) is 0 Å². The van der Waals surface area contributed by atoms with E-state index >= 15 is 0 Å². The number of nitrogens with zero attached hydrogens (tertiary/aromatic N) is 5. The summed E-state index contributed by atoms with van der Waals surface area (Å²) in [5, 5.41) is 25.6. The Hall–Kier alpha value is -7.39. The zero-order valence-corrected chi connectivity index (χ0v) is 26.7. The van der Waals surface area contributed by atoms with Crippen LogP contribution < -0.4 is 0 Å². The molecule has 5 heteroatoms. The maximum atomic E-state index is 10.6. The van der Waals surface area contributed by atoms with Crippen LogP contribution in [0.3, 0.4) is 0 Å². The minimum atomic E-state index is 0.428. The van der Waals surface area contributed by atoms with Crippen molar-refractivity contribution in [1.82, 2.24) is 9.13 Å². The van der Waals surface area contributed by atoms with E-state index in [-0.39, 0.29) is 0 Å². The average molecular weight is 636 g/mol. The summed E-state index contributed by atoms with van der Waals surface area (Å²) in [4.78, 5) is 3.67. The molecule has 0 radical (unpaired) electrons. The van der Waals surface area contributed by atoms with Gasteiger partial charge in [0.05, 0.1) is 57.6 Å². The lowest BCUT2D eigenvalue weighted by atomic mass is 9.90. The predicted molar refractivity (Wildman–Crippen MR) is 202 cm³/mol. The van der Waals surface area contributed by atoms with Crippen molar-refractivity contribution in [1.29, 1.82) is 10.5 Å². The second-order valence-electron chi connectivity index (χ2n) is 12.3. The Labute approximate surface area is 288 Å². The molecule has 9 rings (SSSR count). The van der Waals surface area contributed by atoms with E-state index in [4.69, 9.17) is 6.57 Å². The maximum Gasteiger partial charge on any atom is 0.188 e. The third-order valence-corrected chi connectivity index (χ3v) is 9.59. The molecule has 0 aliphatic rings. The number of hydrogen-bond acceptors (Lipinski definition) is 2. The van der Waals surface area contributed by atoms with Gasteiger partial charge in [0.15, 0.2) is 5.69 Å². The number of fused-ring (bicyclic) bond motifs is 6. The molecular formula is C45H25N5. The number of nitriles is 2. The molecule has 5 nitrogen and oxygen atoms in total. The highest BCUT2D eigenvalue weighted by molar-refractivity contribution is 6.11. The van der Waals surface area contributed by atoms with Gasteiger partial charge in [0.25, 0.3) is 0 Å². The molecule has 0 spiro atoms. The maximum absolute atomic E-state index is 10.6. The lowest BCUT2D eigenvalue weighted by Crippen LogP contribution is -1.99. The molecule has 2 aromatic heterocycles. The second-order valence-corrected chi connectivity index (χ2v) is 12.3. The first-order valence-corrected chi connectivity index (χ1v) is 16.3. The first-order valence-electron chi connectivity index (χ1n) is 16.3. The molecule has 0 aliphatic carbocycles. The van der Waals surface area contributed by atoms with Gasteiger partial charge in [-0.3, -0.25) is 0 Å². The van der Waals surface area contributed by atoms with Crippen LogP contribution in [0.2, 0.25) is 0 Å². The minimum Gasteiger partial charge on any atom is -0.309 e. The summed E-state index contributed by atoms with van der Waals surface area (Å²) in [5.41, 5.74) is 10.6. The molecule has 2 heterocycles. The van der Waals surface area contributed by atoms with Gasteiger partial charge >= 0.3 is 0 Å². The molecule has 0 bridgehead atoms. The van der Waals surface area contributed by atoms with Gasteiger partial charge in [-0.1, -0.05) is 91.0 Å². The highest BCUT2D eigenvalue weighted by atomic mass is 15.0. The van der Waals surface area contributed by atoms with Gasteiger partial charge in [-0.2, -0.15) is 10.5 Å². The van der Waals surface area contributed by atoms with Gasteiger partial charge in [-0.25, -0.2) is 4.85 Å². The highest BCUT2D eigenvalue weighted by Crippen LogP contribution is 2.40. The van der Waals surface area contributed by atoms with Crippen molar-refractivity contribution in [2.45, 2.75) is 0 Å². The Kier molecular flexibility index (Phi) is 6.56. The van der Waals surface area contributed by atoms with E-state index in [1.165, 1.54) is 10.8 Å². The number of hydrogen-bond donors (Lipinski definition) is 0. The number of para-hydroxylation sites is 4. The van der Waals surface area contributed by atoms with E-state index < -0.39 is 0 Å². The summed E-state index contributed by atoms with van der Waals surface area (Å²) >= 11 is 0. The third-order valence-electron chi connectivity index (χ3n) is 9.59. The highest BCUT2D eigenvalue weighted by Gasteiger charge is 2.20. The number of benzene rings is 7. The van der Waals surface area contributed by atoms with Crippen LogP contribution in [0.15, 0.2) is 152 Å². The van der Waals surface area contributed by atoms with Crippen LogP contribution in [-0.4, -0.2) is 9.13 Å². The fourth-order valence-electron chi connectivity index (χ4n) is 7.49. The molecule has 0 saturated carbocycles. The zero-order valence-electron chi connectivity index (χ0n) is 26.7. The van der Waals surface area contributed by atoms with Crippen LogP contribution in [-0.2, 0) is 0 Å². The van der Waals surface area contributed by atoms with Crippen LogP contribution in [0.1, 0.15) is 11.1 Å². The standard InChI is InChI=1S/C45H25N5/c1-48-33-21-22-44-39(26-33)38-16-5-9-20-43(38)50(44)40-17-6-2-13-35(40)30-23-31(27-46)45(32(24-30)28-47)29-11-10-12-34(25-29)49-41-18-7-3-14-36(41)37-15-4-8-19-42(37)49/h2-26H. The Balaban J connectivity index is 1.23. The second kappa shape index (κ2) is 11.4. The summed E-state index contributed by atoms with van der Waals surface area (Å²) in [5.74, 6) is 0. The molecule has 0 aliphatic heterocycles. The first kappa shape index (κ1) is 28.8. The van der Waals surface area contributed by atoms with E-state index in [2.05, 4.69) is 92.8 Å². The molecule has 230 valence electrons. The van der Waals surface area contributed by atoms with Crippen LogP contribution in [0, 0.1) is 29.2 Å². The average Bonchev–Trinajstić information content (AvgIpc) is 3.70. The van der Waals surface area contributed by atoms with Crippen molar-refractivity contribution in [2.24, 2.45) is 0 Å². The molecule has 7 aromatic carbocycles. The molecule has 9 aromatic rings. The summed E-state index contributed by atoms with van der Waals surface area (Å²) in [6.07, 6.45) is 0. The molecule has 0 saturated heterocycles. The van der Waals surface area contributed by atoms with Crippen molar-refractivity contribution in [3.8, 4) is 45.8 Å². The largest absolute Gasteiger partial charge is 0.309 e. The smallest absolute Gasteiger partial charge is 0.188 e. The molecule has 0 unspecified atom stereocenters. The molecule has 0 atom stereocenters. The van der Waals surface area contributed by atoms with Crippen molar-refractivity contribution in [2.75, 3.05) is 0 Å². The van der Waals surface area contributed by atoms with Gasteiger partial charge in [-0.05, 0) is 77.2 Å². The van der Waals surface area contributed by atoms with Crippen molar-refractivity contribution < 1.29 is 0 Å². The normalized spacial score (nSPS) is 11.1. The van der Waals surface area contributed by atoms with E-state index in [1.54, 1.807) is 0 Å².